The molecule has 0 aromatic heterocycles. The number of halogens is 2. The van der Waals surface area contributed by atoms with Gasteiger partial charge in [0.05, 0.1) is 18.3 Å². The topological polar surface area (TPSA) is 49.9 Å². The van der Waals surface area contributed by atoms with Gasteiger partial charge in [0, 0.05) is 37.3 Å². The highest BCUT2D eigenvalue weighted by molar-refractivity contribution is 5.95. The van der Waals surface area contributed by atoms with Gasteiger partial charge in [0.25, 0.3) is 11.8 Å². The summed E-state index contributed by atoms with van der Waals surface area (Å²) >= 11 is 0. The van der Waals surface area contributed by atoms with E-state index in [9.17, 15) is 18.4 Å². The third-order valence-electron chi connectivity index (χ3n) is 6.03. The predicted octanol–water partition coefficient (Wildman–Crippen LogP) is 3.89. The zero-order valence-electron chi connectivity index (χ0n) is 17.3. The van der Waals surface area contributed by atoms with E-state index in [-0.39, 0.29) is 30.2 Å². The number of rotatable bonds is 5. The number of amides is 2. The van der Waals surface area contributed by atoms with Crippen molar-refractivity contribution in [2.45, 2.75) is 37.8 Å². The summed E-state index contributed by atoms with van der Waals surface area (Å²) in [5.74, 6) is -2.13. The SMILES string of the molecule is O=C(c1ccc(F)cc1F)N1CCOC(CN(C(=O)c2ccccc2)C2CCCC2)C1. The number of nitrogens with zero attached hydrogens (tertiary/aromatic N) is 2. The van der Waals surface area contributed by atoms with Crippen molar-refractivity contribution in [3.8, 4) is 0 Å². The summed E-state index contributed by atoms with van der Waals surface area (Å²) in [4.78, 5) is 29.4. The molecule has 5 nitrogen and oxygen atoms in total. The van der Waals surface area contributed by atoms with Crippen LogP contribution in [-0.4, -0.2) is 60.0 Å². The molecule has 0 N–H and O–H groups in total. The molecule has 7 heteroatoms. The lowest BCUT2D eigenvalue weighted by Crippen LogP contribution is -2.52. The minimum absolute atomic E-state index is 0.0378. The molecule has 1 aliphatic carbocycles. The molecule has 1 unspecified atom stereocenters. The number of hydrogen-bond acceptors (Lipinski definition) is 3. The second-order valence-electron chi connectivity index (χ2n) is 8.13. The van der Waals surface area contributed by atoms with E-state index in [4.69, 9.17) is 4.74 Å². The number of benzene rings is 2. The average Bonchev–Trinajstić information content (AvgIpc) is 3.32. The molecular weight excluding hydrogens is 402 g/mol. The van der Waals surface area contributed by atoms with Crippen LogP contribution in [0.4, 0.5) is 8.78 Å². The number of carbonyl (C=O) groups excluding carboxylic acids is 2. The van der Waals surface area contributed by atoms with Crippen molar-refractivity contribution >= 4 is 11.8 Å². The highest BCUT2D eigenvalue weighted by Gasteiger charge is 2.33. The first-order chi connectivity index (χ1) is 15.0. The fourth-order valence-corrected chi connectivity index (χ4v) is 4.43. The first-order valence-corrected chi connectivity index (χ1v) is 10.7. The Morgan fingerprint density at radius 3 is 2.52 bits per heavy atom. The first-order valence-electron chi connectivity index (χ1n) is 10.7. The summed E-state index contributed by atoms with van der Waals surface area (Å²) in [7, 11) is 0. The van der Waals surface area contributed by atoms with Gasteiger partial charge < -0.3 is 14.5 Å². The number of morpholine rings is 1. The minimum atomic E-state index is -0.875. The Morgan fingerprint density at radius 2 is 1.81 bits per heavy atom. The molecule has 2 aromatic rings. The van der Waals surface area contributed by atoms with E-state index < -0.39 is 17.5 Å². The molecule has 1 saturated carbocycles. The summed E-state index contributed by atoms with van der Waals surface area (Å²) in [5, 5.41) is 0. The molecule has 164 valence electrons. The number of carbonyl (C=O) groups is 2. The molecule has 2 aromatic carbocycles. The van der Waals surface area contributed by atoms with Gasteiger partial charge in [-0.1, -0.05) is 31.0 Å². The predicted molar refractivity (Wildman–Crippen MR) is 112 cm³/mol. The fourth-order valence-electron chi connectivity index (χ4n) is 4.43. The normalized spacial score (nSPS) is 19.4. The Balaban J connectivity index is 1.48. The van der Waals surface area contributed by atoms with Crippen molar-refractivity contribution in [2.75, 3.05) is 26.2 Å². The second kappa shape index (κ2) is 9.56. The van der Waals surface area contributed by atoms with Gasteiger partial charge in [-0.05, 0) is 37.1 Å². The Morgan fingerprint density at radius 1 is 1.06 bits per heavy atom. The third kappa shape index (κ3) is 4.93. The van der Waals surface area contributed by atoms with E-state index in [1.54, 1.807) is 12.1 Å². The second-order valence-corrected chi connectivity index (χ2v) is 8.13. The zero-order chi connectivity index (χ0) is 21.8. The van der Waals surface area contributed by atoms with Gasteiger partial charge in [0.15, 0.2) is 0 Å². The van der Waals surface area contributed by atoms with Crippen LogP contribution in [0.25, 0.3) is 0 Å². The number of hydrogen-bond donors (Lipinski definition) is 0. The van der Waals surface area contributed by atoms with Crippen LogP contribution in [0.3, 0.4) is 0 Å². The highest BCUT2D eigenvalue weighted by atomic mass is 19.1. The molecule has 31 heavy (non-hydrogen) atoms. The smallest absolute Gasteiger partial charge is 0.257 e. The van der Waals surface area contributed by atoms with Crippen LogP contribution < -0.4 is 0 Å². The van der Waals surface area contributed by atoms with Gasteiger partial charge in [0.2, 0.25) is 0 Å². The van der Waals surface area contributed by atoms with Gasteiger partial charge >= 0.3 is 0 Å². The Kier molecular flexibility index (Phi) is 6.61. The van der Waals surface area contributed by atoms with Gasteiger partial charge in [0.1, 0.15) is 11.6 Å². The average molecular weight is 428 g/mol. The largest absolute Gasteiger partial charge is 0.373 e. The molecule has 1 aliphatic heterocycles. The molecule has 2 amide bonds. The van der Waals surface area contributed by atoms with Crippen LogP contribution in [0.15, 0.2) is 48.5 Å². The molecule has 0 spiro atoms. The maximum atomic E-state index is 14.1. The summed E-state index contributed by atoms with van der Waals surface area (Å²) in [6, 6.07) is 12.3. The Hall–Kier alpha value is -2.80. The van der Waals surface area contributed by atoms with Gasteiger partial charge in [-0.2, -0.15) is 0 Å². The highest BCUT2D eigenvalue weighted by Crippen LogP contribution is 2.26. The quantitative estimate of drug-likeness (QED) is 0.726. The van der Waals surface area contributed by atoms with E-state index in [1.165, 1.54) is 11.0 Å². The van der Waals surface area contributed by atoms with Crippen molar-refractivity contribution in [3.05, 3.63) is 71.3 Å². The van der Waals surface area contributed by atoms with E-state index in [2.05, 4.69) is 0 Å². The monoisotopic (exact) mass is 428 g/mol. The van der Waals surface area contributed by atoms with Crippen LogP contribution in [0.1, 0.15) is 46.4 Å². The molecule has 2 aliphatic rings. The summed E-state index contributed by atoms with van der Waals surface area (Å²) in [6.45, 7) is 1.24. The number of ether oxygens (including phenoxy) is 1. The lowest BCUT2D eigenvalue weighted by Gasteiger charge is -2.38. The van der Waals surface area contributed by atoms with Crippen molar-refractivity contribution in [2.24, 2.45) is 0 Å². The van der Waals surface area contributed by atoms with Gasteiger partial charge in [-0.3, -0.25) is 9.59 Å². The summed E-state index contributed by atoms with van der Waals surface area (Å²) < 4.78 is 33.2. The zero-order valence-corrected chi connectivity index (χ0v) is 17.3. The van der Waals surface area contributed by atoms with Crippen LogP contribution in [0.2, 0.25) is 0 Å². The van der Waals surface area contributed by atoms with Crippen molar-refractivity contribution in [3.63, 3.8) is 0 Å². The summed E-state index contributed by atoms with van der Waals surface area (Å²) in [6.07, 6.45) is 3.71. The van der Waals surface area contributed by atoms with Crippen LogP contribution in [0, 0.1) is 11.6 Å². The molecule has 0 bridgehead atoms. The van der Waals surface area contributed by atoms with E-state index in [1.807, 2.05) is 23.1 Å². The Labute approximate surface area is 180 Å². The van der Waals surface area contributed by atoms with Crippen molar-refractivity contribution in [1.82, 2.24) is 9.80 Å². The van der Waals surface area contributed by atoms with Crippen molar-refractivity contribution in [1.29, 1.82) is 0 Å². The van der Waals surface area contributed by atoms with Crippen LogP contribution >= 0.6 is 0 Å². The molecule has 1 atom stereocenters. The summed E-state index contributed by atoms with van der Waals surface area (Å²) in [5.41, 5.74) is 0.474. The fraction of sp³-hybridized carbons (Fsp3) is 0.417. The lowest BCUT2D eigenvalue weighted by atomic mass is 10.1. The molecular formula is C24H26F2N2O3. The van der Waals surface area contributed by atoms with Gasteiger partial charge in [-0.25, -0.2) is 8.78 Å². The van der Waals surface area contributed by atoms with Crippen LogP contribution in [-0.2, 0) is 4.74 Å². The first kappa shape index (κ1) is 21.4. The molecule has 2 fully saturated rings. The lowest BCUT2D eigenvalue weighted by molar-refractivity contribution is -0.0372. The van der Waals surface area contributed by atoms with Gasteiger partial charge in [-0.15, -0.1) is 0 Å². The molecule has 0 radical (unpaired) electrons. The minimum Gasteiger partial charge on any atom is -0.373 e. The Bertz CT molecular complexity index is 932. The van der Waals surface area contributed by atoms with E-state index in [0.717, 1.165) is 31.7 Å². The standard InChI is InChI=1S/C24H26F2N2O3/c25-18-10-11-21(22(26)14-18)24(30)27-12-13-31-20(15-27)16-28(19-8-4-5-9-19)23(29)17-6-2-1-3-7-17/h1-3,6-7,10-11,14,19-20H,4-5,8-9,12-13,15-16H2. The van der Waals surface area contributed by atoms with E-state index in [0.29, 0.717) is 31.3 Å². The molecule has 4 rings (SSSR count). The van der Waals surface area contributed by atoms with Crippen molar-refractivity contribution < 1.29 is 23.1 Å². The van der Waals surface area contributed by atoms with Crippen LogP contribution in [0.5, 0.6) is 0 Å². The third-order valence-corrected chi connectivity index (χ3v) is 6.03. The van der Waals surface area contributed by atoms with E-state index >= 15 is 0 Å². The molecule has 1 heterocycles. The molecule has 1 saturated heterocycles. The maximum Gasteiger partial charge on any atom is 0.257 e. The maximum absolute atomic E-state index is 14.1.